The first-order valence-electron chi connectivity index (χ1n) is 8.72. The molecule has 0 amide bonds. The second-order valence-electron chi connectivity index (χ2n) is 6.59. The standard InChI is InChI=1S/C21H23NO4/c1-22-9-8-16-11-20-19(25-13-26-20)10-15(16)5-4-14-6-7-18(23-2)21(24-3)17(14)12-22/h4-7,10-11H,8-9,12-13H2,1-3H3/b5-4+. The summed E-state index contributed by atoms with van der Waals surface area (Å²) in [6.07, 6.45) is 5.22. The zero-order chi connectivity index (χ0) is 18.1. The minimum absolute atomic E-state index is 0.293. The molecular formula is C21H23NO4. The molecule has 4 rings (SSSR count). The van der Waals surface area contributed by atoms with Crippen molar-refractivity contribution in [3.05, 3.63) is 46.5 Å². The Bertz CT molecular complexity index is 860. The first-order valence-corrected chi connectivity index (χ1v) is 8.72. The van der Waals surface area contributed by atoms with Gasteiger partial charge in [-0.1, -0.05) is 18.2 Å². The van der Waals surface area contributed by atoms with Crippen LogP contribution in [0.25, 0.3) is 12.2 Å². The lowest BCUT2D eigenvalue weighted by Crippen LogP contribution is -2.22. The second kappa shape index (κ2) is 6.92. The fourth-order valence-electron chi connectivity index (χ4n) is 3.54. The molecule has 2 aliphatic heterocycles. The highest BCUT2D eigenvalue weighted by Crippen LogP contribution is 2.38. The van der Waals surface area contributed by atoms with Crippen LogP contribution in [0.4, 0.5) is 0 Å². The molecule has 2 aliphatic rings. The van der Waals surface area contributed by atoms with Gasteiger partial charge in [-0.05, 0) is 48.4 Å². The summed E-state index contributed by atoms with van der Waals surface area (Å²) in [5, 5.41) is 0. The van der Waals surface area contributed by atoms with Gasteiger partial charge in [0.15, 0.2) is 23.0 Å². The number of likely N-dealkylation sites (N-methyl/N-ethyl adjacent to an activating group) is 1. The first-order chi connectivity index (χ1) is 12.7. The third-order valence-electron chi connectivity index (χ3n) is 4.95. The number of benzene rings is 2. The van der Waals surface area contributed by atoms with Gasteiger partial charge in [0.2, 0.25) is 6.79 Å². The van der Waals surface area contributed by atoms with Crippen molar-refractivity contribution in [2.24, 2.45) is 0 Å². The molecule has 2 aromatic rings. The summed E-state index contributed by atoms with van der Waals surface area (Å²) in [6, 6.07) is 8.20. The molecule has 0 saturated carbocycles. The molecule has 5 nitrogen and oxygen atoms in total. The molecule has 2 heterocycles. The van der Waals surface area contributed by atoms with Crippen molar-refractivity contribution in [2.45, 2.75) is 13.0 Å². The van der Waals surface area contributed by atoms with Gasteiger partial charge in [-0.15, -0.1) is 0 Å². The van der Waals surface area contributed by atoms with Crippen molar-refractivity contribution >= 4 is 12.2 Å². The Kier molecular flexibility index (Phi) is 4.47. The Balaban J connectivity index is 1.83. The van der Waals surface area contributed by atoms with E-state index in [2.05, 4.69) is 42.3 Å². The highest BCUT2D eigenvalue weighted by molar-refractivity contribution is 5.76. The van der Waals surface area contributed by atoms with Gasteiger partial charge in [-0.25, -0.2) is 0 Å². The van der Waals surface area contributed by atoms with E-state index in [-0.39, 0.29) is 0 Å². The van der Waals surface area contributed by atoms with Gasteiger partial charge in [-0.2, -0.15) is 0 Å². The second-order valence-corrected chi connectivity index (χ2v) is 6.59. The molecule has 2 aromatic carbocycles. The number of rotatable bonds is 2. The molecule has 0 saturated heterocycles. The van der Waals surface area contributed by atoms with E-state index >= 15 is 0 Å². The Morgan fingerprint density at radius 2 is 1.73 bits per heavy atom. The van der Waals surface area contributed by atoms with Gasteiger partial charge in [-0.3, -0.25) is 0 Å². The summed E-state index contributed by atoms with van der Waals surface area (Å²) in [4.78, 5) is 2.30. The van der Waals surface area contributed by atoms with Gasteiger partial charge < -0.3 is 23.8 Å². The van der Waals surface area contributed by atoms with Crippen molar-refractivity contribution < 1.29 is 18.9 Å². The molecule has 0 fully saturated rings. The van der Waals surface area contributed by atoms with Crippen LogP contribution in [-0.4, -0.2) is 39.5 Å². The molecule has 26 heavy (non-hydrogen) atoms. The van der Waals surface area contributed by atoms with Crippen molar-refractivity contribution in [3.8, 4) is 23.0 Å². The maximum Gasteiger partial charge on any atom is 0.231 e. The fourth-order valence-corrected chi connectivity index (χ4v) is 3.54. The highest BCUT2D eigenvalue weighted by atomic mass is 16.7. The summed E-state index contributed by atoms with van der Waals surface area (Å²) in [5.41, 5.74) is 4.68. The molecule has 0 unspecified atom stereocenters. The summed E-state index contributed by atoms with van der Waals surface area (Å²) in [6.45, 7) is 2.02. The van der Waals surface area contributed by atoms with E-state index in [0.717, 1.165) is 59.2 Å². The number of methoxy groups -OCH3 is 2. The first kappa shape index (κ1) is 16.8. The smallest absolute Gasteiger partial charge is 0.231 e. The van der Waals surface area contributed by atoms with E-state index in [1.807, 2.05) is 6.07 Å². The average Bonchev–Trinajstić information content (AvgIpc) is 3.11. The van der Waals surface area contributed by atoms with Crippen LogP contribution < -0.4 is 18.9 Å². The molecule has 0 N–H and O–H groups in total. The quantitative estimate of drug-likeness (QED) is 0.825. The molecule has 5 heteroatoms. The lowest BCUT2D eigenvalue weighted by Gasteiger charge is -2.23. The van der Waals surface area contributed by atoms with Crippen molar-refractivity contribution in [3.63, 3.8) is 0 Å². The lowest BCUT2D eigenvalue weighted by atomic mass is 9.98. The van der Waals surface area contributed by atoms with Crippen LogP contribution in [-0.2, 0) is 13.0 Å². The molecule has 0 atom stereocenters. The van der Waals surface area contributed by atoms with Crippen LogP contribution in [0.15, 0.2) is 24.3 Å². The van der Waals surface area contributed by atoms with Crippen molar-refractivity contribution in [2.75, 3.05) is 34.6 Å². The van der Waals surface area contributed by atoms with Crippen LogP contribution in [0.5, 0.6) is 23.0 Å². The van der Waals surface area contributed by atoms with Crippen LogP contribution >= 0.6 is 0 Å². The van der Waals surface area contributed by atoms with Crippen molar-refractivity contribution in [1.29, 1.82) is 0 Å². The predicted molar refractivity (Wildman–Crippen MR) is 101 cm³/mol. The van der Waals surface area contributed by atoms with E-state index < -0.39 is 0 Å². The summed E-state index contributed by atoms with van der Waals surface area (Å²) >= 11 is 0. The third kappa shape index (κ3) is 2.99. The fraction of sp³-hybridized carbons (Fsp3) is 0.333. The van der Waals surface area contributed by atoms with Crippen LogP contribution in [0.3, 0.4) is 0 Å². The van der Waals surface area contributed by atoms with Crippen LogP contribution in [0, 0.1) is 0 Å². The third-order valence-corrected chi connectivity index (χ3v) is 4.95. The summed E-state index contributed by atoms with van der Waals surface area (Å²) < 4.78 is 22.2. The molecule has 0 aromatic heterocycles. The zero-order valence-electron chi connectivity index (χ0n) is 15.4. The van der Waals surface area contributed by atoms with Crippen LogP contribution in [0.2, 0.25) is 0 Å². The van der Waals surface area contributed by atoms with E-state index in [1.54, 1.807) is 14.2 Å². The van der Waals surface area contributed by atoms with E-state index in [1.165, 1.54) is 5.56 Å². The molecule has 0 radical (unpaired) electrons. The maximum atomic E-state index is 5.66. The van der Waals surface area contributed by atoms with Gasteiger partial charge in [0, 0.05) is 18.7 Å². The highest BCUT2D eigenvalue weighted by Gasteiger charge is 2.19. The topological polar surface area (TPSA) is 40.2 Å². The molecule has 0 spiro atoms. The van der Waals surface area contributed by atoms with E-state index in [9.17, 15) is 0 Å². The number of hydrogen-bond acceptors (Lipinski definition) is 5. The van der Waals surface area contributed by atoms with Gasteiger partial charge in [0.25, 0.3) is 0 Å². The maximum absolute atomic E-state index is 5.66. The molecule has 0 aliphatic carbocycles. The Hall–Kier alpha value is -2.66. The number of ether oxygens (including phenoxy) is 4. The van der Waals surface area contributed by atoms with Crippen molar-refractivity contribution in [1.82, 2.24) is 4.90 Å². The molecular weight excluding hydrogens is 330 g/mol. The lowest BCUT2D eigenvalue weighted by molar-refractivity contribution is 0.174. The normalized spacial score (nSPS) is 17.2. The minimum atomic E-state index is 0.293. The molecule has 136 valence electrons. The summed E-state index contributed by atoms with van der Waals surface area (Å²) in [7, 11) is 5.49. The summed E-state index contributed by atoms with van der Waals surface area (Å²) in [5.74, 6) is 3.21. The number of nitrogens with zero attached hydrogens (tertiary/aromatic N) is 1. The largest absolute Gasteiger partial charge is 0.493 e. The monoisotopic (exact) mass is 353 g/mol. The number of fused-ring (bicyclic) bond motifs is 3. The average molecular weight is 353 g/mol. The van der Waals surface area contributed by atoms with Gasteiger partial charge in [0.05, 0.1) is 14.2 Å². The Labute approximate surface area is 153 Å². The van der Waals surface area contributed by atoms with E-state index in [0.29, 0.717) is 6.79 Å². The zero-order valence-corrected chi connectivity index (χ0v) is 15.4. The Morgan fingerprint density at radius 1 is 0.962 bits per heavy atom. The molecule has 0 bridgehead atoms. The predicted octanol–water partition coefficient (Wildman–Crippen LogP) is 3.59. The van der Waals surface area contributed by atoms with Crippen LogP contribution in [0.1, 0.15) is 22.3 Å². The SMILES string of the molecule is COc1ccc2c(c1OC)CN(C)CCc1cc3c(cc1/C=C/2)OCO3. The van der Waals surface area contributed by atoms with E-state index in [4.69, 9.17) is 18.9 Å². The Morgan fingerprint density at radius 3 is 2.50 bits per heavy atom. The van der Waals surface area contributed by atoms with Gasteiger partial charge >= 0.3 is 0 Å². The minimum Gasteiger partial charge on any atom is -0.493 e. The van der Waals surface area contributed by atoms with Gasteiger partial charge in [0.1, 0.15) is 0 Å². The number of hydrogen-bond donors (Lipinski definition) is 0.